The standard InChI is InChI=1S/C22H22N4O3S/c27-22(25-15-18-7-1-2-13-23-18)17-9-11-19(12-10-17)30(28,29)26-20-8-3-5-16-6-4-14-24-21(16)20/h1-2,4,6-7,9-14,20,26H,3,5,8,15H2,(H,25,27). The summed E-state index contributed by atoms with van der Waals surface area (Å²) in [7, 11) is -3.73. The molecule has 3 aromatic rings. The molecule has 1 aliphatic rings. The molecular weight excluding hydrogens is 400 g/mol. The summed E-state index contributed by atoms with van der Waals surface area (Å²) in [6, 6.07) is 14.9. The van der Waals surface area contributed by atoms with Gasteiger partial charge < -0.3 is 5.32 Å². The Balaban J connectivity index is 1.44. The zero-order valence-electron chi connectivity index (χ0n) is 16.3. The monoisotopic (exact) mass is 422 g/mol. The Kier molecular flexibility index (Phi) is 5.87. The number of hydrogen-bond acceptors (Lipinski definition) is 5. The fourth-order valence-electron chi connectivity index (χ4n) is 3.54. The normalized spacial score (nSPS) is 15.9. The van der Waals surface area contributed by atoms with Gasteiger partial charge in [-0.2, -0.15) is 0 Å². The average Bonchev–Trinajstić information content (AvgIpc) is 2.78. The predicted molar refractivity (Wildman–Crippen MR) is 112 cm³/mol. The van der Waals surface area contributed by atoms with Gasteiger partial charge >= 0.3 is 0 Å². The summed E-state index contributed by atoms with van der Waals surface area (Å²) in [5, 5.41) is 2.78. The van der Waals surface area contributed by atoms with Crippen LogP contribution in [0.4, 0.5) is 0 Å². The first-order chi connectivity index (χ1) is 14.5. The van der Waals surface area contributed by atoms with E-state index in [0.717, 1.165) is 29.8 Å². The molecule has 0 bridgehead atoms. The lowest BCUT2D eigenvalue weighted by Gasteiger charge is -2.25. The molecule has 1 aliphatic carbocycles. The first-order valence-electron chi connectivity index (χ1n) is 9.77. The fraction of sp³-hybridized carbons (Fsp3) is 0.227. The molecule has 0 saturated heterocycles. The smallest absolute Gasteiger partial charge is 0.251 e. The number of nitrogens with zero attached hydrogens (tertiary/aromatic N) is 2. The molecule has 2 aromatic heterocycles. The van der Waals surface area contributed by atoms with Gasteiger partial charge in [0, 0.05) is 18.0 Å². The summed E-state index contributed by atoms with van der Waals surface area (Å²) in [5.41, 5.74) is 3.00. The second-order valence-corrected chi connectivity index (χ2v) is 8.86. The van der Waals surface area contributed by atoms with Crippen molar-refractivity contribution in [2.45, 2.75) is 36.7 Å². The number of hydrogen-bond donors (Lipinski definition) is 2. The van der Waals surface area contributed by atoms with Crippen molar-refractivity contribution in [3.8, 4) is 0 Å². The highest BCUT2D eigenvalue weighted by molar-refractivity contribution is 7.89. The molecule has 1 amide bonds. The van der Waals surface area contributed by atoms with Gasteiger partial charge in [0.15, 0.2) is 0 Å². The molecule has 0 aliphatic heterocycles. The number of fused-ring (bicyclic) bond motifs is 1. The predicted octanol–water partition coefficient (Wildman–Crippen LogP) is 2.76. The van der Waals surface area contributed by atoms with E-state index in [2.05, 4.69) is 20.0 Å². The van der Waals surface area contributed by atoms with Crippen LogP contribution >= 0.6 is 0 Å². The van der Waals surface area contributed by atoms with Gasteiger partial charge in [0.2, 0.25) is 10.0 Å². The maximum atomic E-state index is 12.9. The number of benzene rings is 1. The second kappa shape index (κ2) is 8.73. The molecule has 1 atom stereocenters. The molecule has 0 fully saturated rings. The molecule has 2 N–H and O–H groups in total. The van der Waals surface area contributed by atoms with Crippen molar-refractivity contribution < 1.29 is 13.2 Å². The van der Waals surface area contributed by atoms with Gasteiger partial charge in [-0.25, -0.2) is 13.1 Å². The second-order valence-electron chi connectivity index (χ2n) is 7.14. The van der Waals surface area contributed by atoms with Crippen LogP contribution < -0.4 is 10.0 Å². The summed E-state index contributed by atoms with van der Waals surface area (Å²) < 4.78 is 28.5. The van der Waals surface area contributed by atoms with E-state index in [4.69, 9.17) is 0 Å². The van der Waals surface area contributed by atoms with Crippen LogP contribution in [0.15, 0.2) is 71.9 Å². The number of aromatic nitrogens is 2. The van der Waals surface area contributed by atoms with Crippen LogP contribution in [0.3, 0.4) is 0 Å². The summed E-state index contributed by atoms with van der Waals surface area (Å²) >= 11 is 0. The number of carbonyl (C=O) groups is 1. The highest BCUT2D eigenvalue weighted by Crippen LogP contribution is 2.29. The molecule has 1 aromatic carbocycles. The lowest BCUT2D eigenvalue weighted by Crippen LogP contribution is -2.31. The zero-order chi connectivity index (χ0) is 21.0. The van der Waals surface area contributed by atoms with Gasteiger partial charge in [0.25, 0.3) is 5.91 Å². The molecular formula is C22H22N4O3S. The minimum Gasteiger partial charge on any atom is -0.346 e. The number of nitrogens with one attached hydrogen (secondary N) is 2. The summed E-state index contributed by atoms with van der Waals surface area (Å²) in [6.45, 7) is 0.301. The molecule has 8 heteroatoms. The van der Waals surface area contributed by atoms with Crippen molar-refractivity contribution in [3.63, 3.8) is 0 Å². The Morgan fingerprint density at radius 1 is 1.00 bits per heavy atom. The van der Waals surface area contributed by atoms with Crippen molar-refractivity contribution in [1.29, 1.82) is 0 Å². The van der Waals surface area contributed by atoms with Crippen molar-refractivity contribution in [2.75, 3.05) is 0 Å². The number of aryl methyl sites for hydroxylation is 1. The van der Waals surface area contributed by atoms with E-state index in [1.165, 1.54) is 24.3 Å². The van der Waals surface area contributed by atoms with Crippen LogP contribution in [0.5, 0.6) is 0 Å². The number of sulfonamides is 1. The maximum Gasteiger partial charge on any atom is 0.251 e. The first kappa shape index (κ1) is 20.2. The number of carbonyl (C=O) groups excluding carboxylic acids is 1. The van der Waals surface area contributed by atoms with E-state index in [1.54, 1.807) is 18.5 Å². The van der Waals surface area contributed by atoms with E-state index in [-0.39, 0.29) is 16.8 Å². The quantitative estimate of drug-likeness (QED) is 0.636. The van der Waals surface area contributed by atoms with Crippen LogP contribution in [0.1, 0.15) is 46.2 Å². The lowest BCUT2D eigenvalue weighted by atomic mass is 9.93. The van der Waals surface area contributed by atoms with Gasteiger partial charge in [0.05, 0.1) is 28.9 Å². The average molecular weight is 423 g/mol. The van der Waals surface area contributed by atoms with Gasteiger partial charge in [-0.1, -0.05) is 12.1 Å². The van der Waals surface area contributed by atoms with E-state index < -0.39 is 10.0 Å². The number of pyridine rings is 2. The highest BCUT2D eigenvalue weighted by Gasteiger charge is 2.26. The zero-order valence-corrected chi connectivity index (χ0v) is 17.1. The Bertz CT molecular complexity index is 1130. The SMILES string of the molecule is O=C(NCc1ccccn1)c1ccc(S(=O)(=O)NC2CCCc3cccnc32)cc1. The summed E-state index contributed by atoms with van der Waals surface area (Å²) in [5.74, 6) is -0.289. The minimum absolute atomic E-state index is 0.117. The number of rotatable bonds is 6. The maximum absolute atomic E-state index is 12.9. The summed E-state index contributed by atoms with van der Waals surface area (Å²) in [6.07, 6.45) is 5.86. The van der Waals surface area contributed by atoms with Gasteiger partial charge in [-0.3, -0.25) is 14.8 Å². The van der Waals surface area contributed by atoms with Crippen molar-refractivity contribution >= 4 is 15.9 Å². The Morgan fingerprint density at radius 2 is 1.80 bits per heavy atom. The van der Waals surface area contributed by atoms with Crippen LogP contribution in [-0.2, 0) is 23.0 Å². The summed E-state index contributed by atoms with van der Waals surface area (Å²) in [4.78, 5) is 21.0. The first-order valence-corrected chi connectivity index (χ1v) is 11.3. The van der Waals surface area contributed by atoms with Crippen LogP contribution in [-0.4, -0.2) is 24.3 Å². The third-order valence-corrected chi connectivity index (χ3v) is 6.56. The molecule has 154 valence electrons. The van der Waals surface area contributed by atoms with Crippen LogP contribution in [0, 0.1) is 0 Å². The third kappa shape index (κ3) is 4.55. The largest absolute Gasteiger partial charge is 0.346 e. The molecule has 30 heavy (non-hydrogen) atoms. The fourth-order valence-corrected chi connectivity index (χ4v) is 4.77. The Labute approximate surface area is 175 Å². The third-order valence-electron chi connectivity index (χ3n) is 5.08. The van der Waals surface area contributed by atoms with Crippen LogP contribution in [0.2, 0.25) is 0 Å². The molecule has 1 unspecified atom stereocenters. The van der Waals surface area contributed by atoms with Crippen molar-refractivity contribution in [1.82, 2.24) is 20.0 Å². The van der Waals surface area contributed by atoms with Gasteiger partial charge in [-0.15, -0.1) is 0 Å². The molecule has 0 saturated carbocycles. The lowest BCUT2D eigenvalue weighted by molar-refractivity contribution is 0.0950. The van der Waals surface area contributed by atoms with E-state index >= 15 is 0 Å². The molecule has 0 spiro atoms. The Morgan fingerprint density at radius 3 is 2.57 bits per heavy atom. The van der Waals surface area contributed by atoms with E-state index in [0.29, 0.717) is 18.5 Å². The van der Waals surface area contributed by atoms with E-state index in [9.17, 15) is 13.2 Å². The van der Waals surface area contributed by atoms with Crippen molar-refractivity contribution in [3.05, 3.63) is 89.5 Å². The van der Waals surface area contributed by atoms with Crippen LogP contribution in [0.25, 0.3) is 0 Å². The molecule has 4 rings (SSSR count). The topological polar surface area (TPSA) is 101 Å². The number of amides is 1. The van der Waals surface area contributed by atoms with E-state index in [1.807, 2.05) is 24.3 Å². The Hall–Kier alpha value is -3.10. The highest BCUT2D eigenvalue weighted by atomic mass is 32.2. The minimum atomic E-state index is -3.73. The van der Waals surface area contributed by atoms with Crippen molar-refractivity contribution in [2.24, 2.45) is 0 Å². The molecule has 0 radical (unpaired) electrons. The van der Waals surface area contributed by atoms with Gasteiger partial charge in [-0.05, 0) is 67.3 Å². The van der Waals surface area contributed by atoms with Gasteiger partial charge in [0.1, 0.15) is 0 Å². The molecule has 2 heterocycles. The molecule has 7 nitrogen and oxygen atoms in total.